The molecular formula is C8H11NO5. The van der Waals surface area contributed by atoms with Crippen molar-refractivity contribution in [2.24, 2.45) is 23.5 Å². The summed E-state index contributed by atoms with van der Waals surface area (Å²) in [4.78, 5) is 21.5. The first-order valence-corrected chi connectivity index (χ1v) is 4.32. The lowest BCUT2D eigenvalue weighted by atomic mass is 9.91. The van der Waals surface area contributed by atoms with Crippen molar-refractivity contribution >= 4 is 11.9 Å². The summed E-state index contributed by atoms with van der Waals surface area (Å²) in [6, 6.07) is 0. The van der Waals surface area contributed by atoms with Crippen molar-refractivity contribution in [1.29, 1.82) is 0 Å². The van der Waals surface area contributed by atoms with Gasteiger partial charge in [0.15, 0.2) is 0 Å². The van der Waals surface area contributed by atoms with Crippen LogP contribution in [0.1, 0.15) is 6.42 Å². The molecule has 0 aliphatic heterocycles. The second-order valence-electron chi connectivity index (χ2n) is 4.08. The molecule has 6 nitrogen and oxygen atoms in total. The predicted octanol–water partition coefficient (Wildman–Crippen LogP) is -1.52. The molecule has 0 amide bonds. The quantitative estimate of drug-likeness (QED) is 0.430. The Kier molecular flexibility index (Phi) is 1.65. The summed E-state index contributed by atoms with van der Waals surface area (Å²) in [7, 11) is 0. The van der Waals surface area contributed by atoms with Crippen molar-refractivity contribution in [3.63, 3.8) is 0 Å². The SMILES string of the molecule is N[C@@]1(C(=O)O)C[C@@H](O)[C@H]2[C@H](C(=O)O)[C@H]21. The first-order valence-electron chi connectivity index (χ1n) is 4.32. The summed E-state index contributed by atoms with van der Waals surface area (Å²) in [5.74, 6) is -4.19. The van der Waals surface area contributed by atoms with Gasteiger partial charge in [0.1, 0.15) is 5.54 Å². The van der Waals surface area contributed by atoms with Gasteiger partial charge >= 0.3 is 11.9 Å². The van der Waals surface area contributed by atoms with Gasteiger partial charge in [0.25, 0.3) is 0 Å². The Labute approximate surface area is 79.3 Å². The lowest BCUT2D eigenvalue weighted by Crippen LogP contribution is -2.50. The third kappa shape index (κ3) is 0.921. The minimum Gasteiger partial charge on any atom is -0.481 e. The maximum Gasteiger partial charge on any atom is 0.324 e. The highest BCUT2D eigenvalue weighted by Crippen LogP contribution is 2.61. The fourth-order valence-electron chi connectivity index (χ4n) is 2.64. The summed E-state index contributed by atoms with van der Waals surface area (Å²) in [5.41, 5.74) is 4.02. The first kappa shape index (κ1) is 9.42. The monoisotopic (exact) mass is 201 g/mol. The van der Waals surface area contributed by atoms with E-state index in [1.165, 1.54) is 0 Å². The molecule has 2 saturated carbocycles. The molecule has 0 unspecified atom stereocenters. The zero-order chi connectivity index (χ0) is 10.7. The number of carboxylic acids is 2. The third-order valence-electron chi connectivity index (χ3n) is 3.34. The number of nitrogens with two attached hydrogens (primary N) is 1. The van der Waals surface area contributed by atoms with Crippen molar-refractivity contribution in [2.75, 3.05) is 0 Å². The van der Waals surface area contributed by atoms with Gasteiger partial charge in [-0.25, -0.2) is 0 Å². The number of hydrogen-bond donors (Lipinski definition) is 4. The Hall–Kier alpha value is -1.14. The van der Waals surface area contributed by atoms with E-state index in [2.05, 4.69) is 0 Å². The Morgan fingerprint density at radius 3 is 2.29 bits per heavy atom. The molecule has 0 saturated heterocycles. The van der Waals surface area contributed by atoms with Crippen molar-refractivity contribution < 1.29 is 24.9 Å². The molecule has 2 rings (SSSR count). The second kappa shape index (κ2) is 2.46. The van der Waals surface area contributed by atoms with E-state index < -0.39 is 41.3 Å². The van der Waals surface area contributed by atoms with Crippen LogP contribution in [0.15, 0.2) is 0 Å². The van der Waals surface area contributed by atoms with Gasteiger partial charge in [0.2, 0.25) is 0 Å². The smallest absolute Gasteiger partial charge is 0.324 e. The Morgan fingerprint density at radius 1 is 1.36 bits per heavy atom. The highest BCUT2D eigenvalue weighted by atomic mass is 16.4. The number of carboxylic acid groups (broad SMARTS) is 2. The van der Waals surface area contributed by atoms with Crippen LogP contribution in [-0.2, 0) is 9.59 Å². The summed E-state index contributed by atoms with van der Waals surface area (Å²) >= 11 is 0. The molecule has 0 radical (unpaired) electrons. The third-order valence-corrected chi connectivity index (χ3v) is 3.34. The number of rotatable bonds is 2. The van der Waals surface area contributed by atoms with E-state index >= 15 is 0 Å². The number of aliphatic hydroxyl groups is 1. The van der Waals surface area contributed by atoms with E-state index in [-0.39, 0.29) is 6.42 Å². The van der Waals surface area contributed by atoms with E-state index in [4.69, 9.17) is 15.9 Å². The fraction of sp³-hybridized carbons (Fsp3) is 0.750. The molecule has 2 fully saturated rings. The highest BCUT2D eigenvalue weighted by Gasteiger charge is 2.73. The molecule has 0 aromatic rings. The Balaban J connectivity index is 2.26. The Bertz CT molecular complexity index is 317. The van der Waals surface area contributed by atoms with Crippen molar-refractivity contribution in [3.05, 3.63) is 0 Å². The maximum atomic E-state index is 10.8. The summed E-state index contributed by atoms with van der Waals surface area (Å²) in [6.45, 7) is 0. The lowest BCUT2D eigenvalue weighted by Gasteiger charge is -2.22. The van der Waals surface area contributed by atoms with E-state index in [1.807, 2.05) is 0 Å². The van der Waals surface area contributed by atoms with Crippen LogP contribution >= 0.6 is 0 Å². The number of fused-ring (bicyclic) bond motifs is 1. The average molecular weight is 201 g/mol. The minimum atomic E-state index is -1.56. The summed E-state index contributed by atoms with van der Waals surface area (Å²) in [5, 5.41) is 27.0. The largest absolute Gasteiger partial charge is 0.481 e. The first-order chi connectivity index (χ1) is 6.39. The van der Waals surface area contributed by atoms with Gasteiger partial charge in [-0.1, -0.05) is 0 Å². The van der Waals surface area contributed by atoms with Crippen molar-refractivity contribution in [1.82, 2.24) is 0 Å². The Morgan fingerprint density at radius 2 is 1.93 bits per heavy atom. The van der Waals surface area contributed by atoms with Crippen LogP contribution in [0.2, 0.25) is 0 Å². The van der Waals surface area contributed by atoms with Crippen molar-refractivity contribution in [3.8, 4) is 0 Å². The lowest BCUT2D eigenvalue weighted by molar-refractivity contribution is -0.146. The molecule has 0 heterocycles. The van der Waals surface area contributed by atoms with Crippen LogP contribution in [0.25, 0.3) is 0 Å². The van der Waals surface area contributed by atoms with Gasteiger partial charge < -0.3 is 21.1 Å². The van der Waals surface area contributed by atoms with Crippen molar-refractivity contribution in [2.45, 2.75) is 18.1 Å². The summed E-state index contributed by atoms with van der Waals surface area (Å²) in [6.07, 6.45) is -0.955. The van der Waals surface area contributed by atoms with Gasteiger partial charge in [-0.3, -0.25) is 9.59 Å². The van der Waals surface area contributed by atoms with Crippen LogP contribution in [-0.4, -0.2) is 38.9 Å². The van der Waals surface area contributed by atoms with E-state index in [0.717, 1.165) is 0 Å². The number of aliphatic carboxylic acids is 2. The molecule has 2 aliphatic rings. The molecule has 5 atom stereocenters. The van der Waals surface area contributed by atoms with Gasteiger partial charge in [0.05, 0.1) is 12.0 Å². The number of hydrogen-bond acceptors (Lipinski definition) is 4. The molecule has 78 valence electrons. The number of aliphatic hydroxyl groups excluding tert-OH is 1. The van der Waals surface area contributed by atoms with Gasteiger partial charge in [-0.15, -0.1) is 0 Å². The molecule has 0 aromatic heterocycles. The second-order valence-corrected chi connectivity index (χ2v) is 4.08. The molecule has 0 aromatic carbocycles. The van der Waals surface area contributed by atoms with Crippen LogP contribution in [0.5, 0.6) is 0 Å². The van der Waals surface area contributed by atoms with Gasteiger partial charge in [-0.2, -0.15) is 0 Å². The van der Waals surface area contributed by atoms with Crippen LogP contribution < -0.4 is 5.73 Å². The zero-order valence-corrected chi connectivity index (χ0v) is 7.25. The average Bonchev–Trinajstić information content (AvgIpc) is 2.72. The van der Waals surface area contributed by atoms with Crippen LogP contribution in [0, 0.1) is 17.8 Å². The van der Waals surface area contributed by atoms with Crippen LogP contribution in [0.3, 0.4) is 0 Å². The molecular weight excluding hydrogens is 190 g/mol. The number of carbonyl (C=O) groups is 2. The van der Waals surface area contributed by atoms with E-state index in [1.54, 1.807) is 0 Å². The fourth-order valence-corrected chi connectivity index (χ4v) is 2.64. The predicted molar refractivity (Wildman–Crippen MR) is 43.3 cm³/mol. The standard InChI is InChI=1S/C8H11NO5/c9-8(7(13)14)1-2(10)3-4(5(3)8)6(11)12/h2-5,10H,1,9H2,(H,11,12)(H,13,14)/t2-,3+,4+,5+,8+/m1/s1. The zero-order valence-electron chi connectivity index (χ0n) is 7.25. The van der Waals surface area contributed by atoms with Gasteiger partial charge in [0, 0.05) is 18.3 Å². The highest BCUT2D eigenvalue weighted by molar-refractivity contribution is 5.85. The molecule has 0 bridgehead atoms. The van der Waals surface area contributed by atoms with E-state index in [0.29, 0.717) is 0 Å². The maximum absolute atomic E-state index is 10.8. The molecule has 14 heavy (non-hydrogen) atoms. The molecule has 0 spiro atoms. The summed E-state index contributed by atoms with van der Waals surface area (Å²) < 4.78 is 0. The minimum absolute atomic E-state index is 0.0541. The molecule has 5 N–H and O–H groups in total. The topological polar surface area (TPSA) is 121 Å². The van der Waals surface area contributed by atoms with E-state index in [9.17, 15) is 14.7 Å². The molecule has 6 heteroatoms. The molecule has 2 aliphatic carbocycles. The normalized spacial score (nSPS) is 49.9. The van der Waals surface area contributed by atoms with Crippen LogP contribution in [0.4, 0.5) is 0 Å². The van der Waals surface area contributed by atoms with Gasteiger partial charge in [-0.05, 0) is 0 Å².